The molecule has 20 heavy (non-hydrogen) atoms. The molecular formula is C12H13Cl2N3O2S. The van der Waals surface area contributed by atoms with Gasteiger partial charge in [0.15, 0.2) is 0 Å². The second-order valence-corrected chi connectivity index (χ2v) is 6.46. The molecule has 0 atom stereocenters. The predicted molar refractivity (Wildman–Crippen MR) is 81.8 cm³/mol. The SMILES string of the molecule is CC(C)(C)OC(=O)CNc1c(Cl)cc(Cl)c2nsnc12. The van der Waals surface area contributed by atoms with Crippen LogP contribution >= 0.6 is 34.9 Å². The van der Waals surface area contributed by atoms with Crippen LogP contribution in [0.5, 0.6) is 0 Å². The molecule has 0 unspecified atom stereocenters. The molecule has 2 aromatic rings. The van der Waals surface area contributed by atoms with Gasteiger partial charge in [0.25, 0.3) is 0 Å². The Balaban J connectivity index is 2.18. The van der Waals surface area contributed by atoms with E-state index >= 15 is 0 Å². The lowest BCUT2D eigenvalue weighted by molar-refractivity contribution is -0.152. The average Bonchev–Trinajstić information content (AvgIpc) is 2.75. The Morgan fingerprint density at radius 3 is 2.60 bits per heavy atom. The summed E-state index contributed by atoms with van der Waals surface area (Å²) in [5.74, 6) is -0.375. The molecule has 0 spiro atoms. The van der Waals surface area contributed by atoms with Crippen molar-refractivity contribution in [2.75, 3.05) is 11.9 Å². The van der Waals surface area contributed by atoms with Crippen molar-refractivity contribution >= 4 is 57.6 Å². The van der Waals surface area contributed by atoms with Gasteiger partial charge in [-0.3, -0.25) is 4.79 Å². The van der Waals surface area contributed by atoms with E-state index in [9.17, 15) is 4.79 Å². The van der Waals surface area contributed by atoms with E-state index in [1.165, 1.54) is 0 Å². The molecule has 1 heterocycles. The van der Waals surface area contributed by atoms with Crippen LogP contribution in [0.3, 0.4) is 0 Å². The highest BCUT2D eigenvalue weighted by molar-refractivity contribution is 7.00. The number of rotatable bonds is 3. The Bertz CT molecular complexity index is 652. The number of fused-ring (bicyclic) bond motifs is 1. The van der Waals surface area contributed by atoms with Crippen molar-refractivity contribution in [3.8, 4) is 0 Å². The summed E-state index contributed by atoms with van der Waals surface area (Å²) in [6.45, 7) is 5.42. The molecule has 0 bridgehead atoms. The van der Waals surface area contributed by atoms with Crippen LogP contribution in [0.1, 0.15) is 20.8 Å². The molecule has 1 aromatic heterocycles. The number of nitrogens with zero attached hydrogens (tertiary/aromatic N) is 2. The van der Waals surface area contributed by atoms with Crippen molar-refractivity contribution in [1.29, 1.82) is 0 Å². The maximum atomic E-state index is 11.7. The molecule has 0 amide bonds. The molecule has 0 radical (unpaired) electrons. The zero-order valence-corrected chi connectivity index (χ0v) is 13.5. The fourth-order valence-electron chi connectivity index (χ4n) is 1.58. The molecular weight excluding hydrogens is 321 g/mol. The number of hydrogen-bond donors (Lipinski definition) is 1. The number of carbonyl (C=O) groups is 1. The minimum atomic E-state index is -0.528. The van der Waals surface area contributed by atoms with Crippen LogP contribution in [0, 0.1) is 0 Å². The molecule has 1 aromatic carbocycles. The van der Waals surface area contributed by atoms with E-state index in [0.717, 1.165) is 11.7 Å². The van der Waals surface area contributed by atoms with Crippen molar-refractivity contribution in [3.05, 3.63) is 16.1 Å². The van der Waals surface area contributed by atoms with Gasteiger partial charge in [0, 0.05) is 0 Å². The normalized spacial score (nSPS) is 11.7. The first-order valence-corrected chi connectivity index (χ1v) is 7.32. The highest BCUT2D eigenvalue weighted by atomic mass is 35.5. The van der Waals surface area contributed by atoms with Gasteiger partial charge in [-0.1, -0.05) is 23.2 Å². The van der Waals surface area contributed by atoms with Crippen molar-refractivity contribution in [2.24, 2.45) is 0 Å². The summed E-state index contributed by atoms with van der Waals surface area (Å²) in [7, 11) is 0. The van der Waals surface area contributed by atoms with E-state index in [0.29, 0.717) is 26.8 Å². The number of hydrogen-bond acceptors (Lipinski definition) is 6. The number of halogens is 2. The van der Waals surface area contributed by atoms with Crippen LogP contribution in [-0.4, -0.2) is 26.9 Å². The highest BCUT2D eigenvalue weighted by Crippen LogP contribution is 2.35. The molecule has 0 saturated heterocycles. The monoisotopic (exact) mass is 333 g/mol. The standard InChI is InChI=1S/C12H13Cl2N3O2S/c1-12(2,3)19-8(18)5-15-9-6(13)4-7(14)10-11(9)17-20-16-10/h4,15H,5H2,1-3H3. The maximum Gasteiger partial charge on any atom is 0.325 e. The van der Waals surface area contributed by atoms with Gasteiger partial charge in [-0.15, -0.1) is 0 Å². The number of ether oxygens (including phenoxy) is 1. The van der Waals surface area contributed by atoms with Gasteiger partial charge < -0.3 is 10.1 Å². The molecule has 1 N–H and O–H groups in total. The van der Waals surface area contributed by atoms with Crippen LogP contribution in [0.2, 0.25) is 10.0 Å². The summed E-state index contributed by atoms with van der Waals surface area (Å²) in [4.78, 5) is 11.7. The molecule has 0 aliphatic rings. The van der Waals surface area contributed by atoms with Gasteiger partial charge in [0.1, 0.15) is 23.2 Å². The average molecular weight is 334 g/mol. The summed E-state index contributed by atoms with van der Waals surface area (Å²) in [5.41, 5.74) is 1.12. The Hall–Kier alpha value is -1.11. The fourth-order valence-corrected chi connectivity index (χ4v) is 2.76. The largest absolute Gasteiger partial charge is 0.459 e. The van der Waals surface area contributed by atoms with Gasteiger partial charge in [0.05, 0.1) is 27.5 Å². The van der Waals surface area contributed by atoms with Crippen LogP contribution < -0.4 is 5.32 Å². The lowest BCUT2D eigenvalue weighted by Crippen LogP contribution is -2.28. The van der Waals surface area contributed by atoms with E-state index in [2.05, 4.69) is 14.1 Å². The lowest BCUT2D eigenvalue weighted by atomic mass is 10.2. The van der Waals surface area contributed by atoms with Crippen molar-refractivity contribution in [1.82, 2.24) is 8.75 Å². The zero-order valence-electron chi connectivity index (χ0n) is 11.2. The summed E-state index contributed by atoms with van der Waals surface area (Å²) in [6.07, 6.45) is 0. The number of benzene rings is 1. The third-order valence-corrected chi connectivity index (χ3v) is 3.39. The molecule has 108 valence electrons. The van der Waals surface area contributed by atoms with Gasteiger partial charge in [-0.25, -0.2) is 0 Å². The smallest absolute Gasteiger partial charge is 0.325 e. The van der Waals surface area contributed by atoms with E-state index in [1.54, 1.807) is 6.07 Å². The maximum absolute atomic E-state index is 11.7. The first kappa shape index (κ1) is 15.3. The Labute approximate surface area is 130 Å². The molecule has 2 rings (SSSR count). The third-order valence-electron chi connectivity index (χ3n) is 2.27. The number of carbonyl (C=O) groups excluding carboxylic acids is 1. The van der Waals surface area contributed by atoms with Crippen LogP contribution in [0.15, 0.2) is 6.07 Å². The molecule has 8 heteroatoms. The van der Waals surface area contributed by atoms with Gasteiger partial charge >= 0.3 is 5.97 Å². The summed E-state index contributed by atoms with van der Waals surface area (Å²) < 4.78 is 13.4. The van der Waals surface area contributed by atoms with Crippen LogP contribution in [0.25, 0.3) is 11.0 Å². The van der Waals surface area contributed by atoms with Gasteiger partial charge in [-0.2, -0.15) is 8.75 Å². The molecule has 5 nitrogen and oxygen atoms in total. The third kappa shape index (κ3) is 3.50. The van der Waals surface area contributed by atoms with E-state index in [-0.39, 0.29) is 12.5 Å². The van der Waals surface area contributed by atoms with Crippen molar-refractivity contribution < 1.29 is 9.53 Å². The zero-order chi connectivity index (χ0) is 14.9. The Morgan fingerprint density at radius 2 is 1.95 bits per heavy atom. The summed E-state index contributed by atoms with van der Waals surface area (Å²) in [6, 6.07) is 1.57. The molecule has 0 fully saturated rings. The topological polar surface area (TPSA) is 64.1 Å². The molecule has 0 aliphatic carbocycles. The number of aromatic nitrogens is 2. The second-order valence-electron chi connectivity index (χ2n) is 5.12. The first-order valence-electron chi connectivity index (χ1n) is 5.84. The number of esters is 1. The molecule has 0 aliphatic heterocycles. The fraction of sp³-hybridized carbons (Fsp3) is 0.417. The molecule has 0 saturated carbocycles. The van der Waals surface area contributed by atoms with Crippen molar-refractivity contribution in [2.45, 2.75) is 26.4 Å². The first-order chi connectivity index (χ1) is 9.28. The van der Waals surface area contributed by atoms with Gasteiger partial charge in [0.2, 0.25) is 0 Å². The second kappa shape index (κ2) is 5.71. The predicted octanol–water partition coefficient (Wildman–Crippen LogP) is 3.75. The van der Waals surface area contributed by atoms with Crippen LogP contribution in [0.4, 0.5) is 5.69 Å². The van der Waals surface area contributed by atoms with Gasteiger partial charge in [-0.05, 0) is 26.8 Å². The van der Waals surface area contributed by atoms with E-state index in [1.807, 2.05) is 20.8 Å². The summed E-state index contributed by atoms with van der Waals surface area (Å²) >= 11 is 13.2. The van der Waals surface area contributed by atoms with E-state index in [4.69, 9.17) is 27.9 Å². The Morgan fingerprint density at radius 1 is 1.30 bits per heavy atom. The Kier molecular flexibility index (Phi) is 4.36. The highest BCUT2D eigenvalue weighted by Gasteiger charge is 2.18. The minimum Gasteiger partial charge on any atom is -0.459 e. The summed E-state index contributed by atoms with van der Waals surface area (Å²) in [5, 5.41) is 3.75. The van der Waals surface area contributed by atoms with E-state index < -0.39 is 5.60 Å². The minimum absolute atomic E-state index is 0.00868. The van der Waals surface area contributed by atoms with Crippen LogP contribution in [-0.2, 0) is 9.53 Å². The number of nitrogens with one attached hydrogen (secondary N) is 1. The van der Waals surface area contributed by atoms with Crippen molar-refractivity contribution in [3.63, 3.8) is 0 Å². The lowest BCUT2D eigenvalue weighted by Gasteiger charge is -2.20. The quantitative estimate of drug-likeness (QED) is 0.866. The number of anilines is 1.